The monoisotopic (exact) mass is 228 g/mol. The summed E-state index contributed by atoms with van der Waals surface area (Å²) < 4.78 is 0. The van der Waals surface area contributed by atoms with Crippen molar-refractivity contribution in [3.8, 4) is 0 Å². The van der Waals surface area contributed by atoms with Gasteiger partial charge >= 0.3 is 0 Å². The Hall–Kier alpha value is -0.150. The Bertz CT molecular complexity index is 206. The number of nitrogens with two attached hydrogens (primary N) is 1. The van der Waals surface area contributed by atoms with Crippen LogP contribution < -0.4 is 5.73 Å². The van der Waals surface area contributed by atoms with Crippen LogP contribution in [0.15, 0.2) is 0 Å². The third-order valence-electron chi connectivity index (χ3n) is 3.26. The standard InChI is InChI=1S/C12H24N2S/c1-3-5-10(2)8-14-7-4-6-11(9-14)12(13)15/h10-11H,3-9H2,1-2H3,(H2,13,15). The molecule has 1 aliphatic heterocycles. The number of hydrogen-bond acceptors (Lipinski definition) is 2. The topological polar surface area (TPSA) is 29.3 Å². The van der Waals surface area contributed by atoms with Crippen molar-refractivity contribution in [1.82, 2.24) is 4.90 Å². The van der Waals surface area contributed by atoms with Gasteiger partial charge in [-0.2, -0.15) is 0 Å². The summed E-state index contributed by atoms with van der Waals surface area (Å²) >= 11 is 5.08. The van der Waals surface area contributed by atoms with E-state index >= 15 is 0 Å². The molecular formula is C12H24N2S. The van der Waals surface area contributed by atoms with Gasteiger partial charge in [-0.25, -0.2) is 0 Å². The predicted octanol–water partition coefficient (Wildman–Crippen LogP) is 2.42. The number of nitrogens with zero attached hydrogens (tertiary/aromatic N) is 1. The Morgan fingerprint density at radius 1 is 1.60 bits per heavy atom. The van der Waals surface area contributed by atoms with Crippen molar-refractivity contribution in [3.05, 3.63) is 0 Å². The van der Waals surface area contributed by atoms with Crippen LogP contribution in [0, 0.1) is 11.8 Å². The van der Waals surface area contributed by atoms with Crippen LogP contribution in [0.1, 0.15) is 39.5 Å². The second-order valence-corrected chi connectivity index (χ2v) is 5.37. The summed E-state index contributed by atoms with van der Waals surface area (Å²) in [6.45, 7) is 8.13. The van der Waals surface area contributed by atoms with Gasteiger partial charge in [0, 0.05) is 19.0 Å². The SMILES string of the molecule is CCCC(C)CN1CCCC(C(N)=S)C1. The molecule has 15 heavy (non-hydrogen) atoms. The summed E-state index contributed by atoms with van der Waals surface area (Å²) in [4.78, 5) is 3.25. The molecule has 3 heteroatoms. The normalized spacial score (nSPS) is 25.1. The highest BCUT2D eigenvalue weighted by Gasteiger charge is 2.22. The molecule has 2 nitrogen and oxygen atoms in total. The van der Waals surface area contributed by atoms with E-state index in [2.05, 4.69) is 18.7 Å². The fourth-order valence-corrected chi connectivity index (χ4v) is 2.67. The first-order valence-electron chi connectivity index (χ1n) is 6.15. The third kappa shape index (κ3) is 4.47. The summed E-state index contributed by atoms with van der Waals surface area (Å²) in [6, 6.07) is 0. The Labute approximate surface area is 99.2 Å². The van der Waals surface area contributed by atoms with Crippen molar-refractivity contribution in [2.75, 3.05) is 19.6 Å². The van der Waals surface area contributed by atoms with E-state index in [0.29, 0.717) is 10.9 Å². The Balaban J connectivity index is 2.32. The average Bonchev–Trinajstić information content (AvgIpc) is 2.18. The quantitative estimate of drug-likeness (QED) is 0.733. The van der Waals surface area contributed by atoms with E-state index in [0.717, 1.165) is 12.5 Å². The Morgan fingerprint density at radius 3 is 2.93 bits per heavy atom. The highest BCUT2D eigenvalue weighted by Crippen LogP contribution is 2.18. The lowest BCUT2D eigenvalue weighted by atomic mass is 9.96. The second-order valence-electron chi connectivity index (χ2n) is 4.89. The highest BCUT2D eigenvalue weighted by atomic mass is 32.1. The largest absolute Gasteiger partial charge is 0.393 e. The van der Waals surface area contributed by atoms with Crippen LogP contribution in [-0.4, -0.2) is 29.5 Å². The van der Waals surface area contributed by atoms with Crippen LogP contribution in [0.4, 0.5) is 0 Å². The van der Waals surface area contributed by atoms with Gasteiger partial charge in [0.15, 0.2) is 0 Å². The number of thiocarbonyl (C=S) groups is 1. The fourth-order valence-electron chi connectivity index (χ4n) is 2.48. The maximum Gasteiger partial charge on any atom is 0.0771 e. The van der Waals surface area contributed by atoms with Crippen molar-refractivity contribution >= 4 is 17.2 Å². The lowest BCUT2D eigenvalue weighted by Crippen LogP contribution is -2.42. The highest BCUT2D eigenvalue weighted by molar-refractivity contribution is 7.80. The summed E-state index contributed by atoms with van der Waals surface area (Å²) in [7, 11) is 0. The molecule has 1 aliphatic rings. The maximum absolute atomic E-state index is 5.72. The van der Waals surface area contributed by atoms with Crippen LogP contribution in [-0.2, 0) is 0 Å². The van der Waals surface area contributed by atoms with E-state index in [1.165, 1.54) is 38.8 Å². The summed E-state index contributed by atoms with van der Waals surface area (Å²) in [6.07, 6.45) is 5.05. The van der Waals surface area contributed by atoms with E-state index in [1.807, 2.05) is 0 Å². The zero-order valence-electron chi connectivity index (χ0n) is 10.0. The zero-order valence-corrected chi connectivity index (χ0v) is 10.9. The molecule has 0 bridgehead atoms. The van der Waals surface area contributed by atoms with Crippen molar-refractivity contribution < 1.29 is 0 Å². The predicted molar refractivity (Wildman–Crippen MR) is 70.0 cm³/mol. The van der Waals surface area contributed by atoms with Crippen LogP contribution in [0.5, 0.6) is 0 Å². The van der Waals surface area contributed by atoms with Crippen molar-refractivity contribution in [3.63, 3.8) is 0 Å². The molecule has 2 N–H and O–H groups in total. The molecular weight excluding hydrogens is 204 g/mol. The van der Waals surface area contributed by atoms with Gasteiger partial charge in [0.25, 0.3) is 0 Å². The average molecular weight is 228 g/mol. The molecule has 1 fully saturated rings. The number of likely N-dealkylation sites (tertiary alicyclic amines) is 1. The van der Waals surface area contributed by atoms with Gasteiger partial charge in [-0.15, -0.1) is 0 Å². The van der Waals surface area contributed by atoms with Crippen molar-refractivity contribution in [1.29, 1.82) is 0 Å². The molecule has 0 amide bonds. The molecule has 2 atom stereocenters. The molecule has 88 valence electrons. The molecule has 0 radical (unpaired) electrons. The number of piperidine rings is 1. The molecule has 0 aromatic heterocycles. The summed E-state index contributed by atoms with van der Waals surface area (Å²) in [5.74, 6) is 1.27. The molecule has 1 heterocycles. The fraction of sp³-hybridized carbons (Fsp3) is 0.917. The first-order chi connectivity index (χ1) is 7.13. The molecule has 0 aromatic carbocycles. The van der Waals surface area contributed by atoms with Crippen LogP contribution >= 0.6 is 12.2 Å². The van der Waals surface area contributed by atoms with Gasteiger partial charge in [-0.1, -0.05) is 32.5 Å². The lowest BCUT2D eigenvalue weighted by Gasteiger charge is -2.33. The van der Waals surface area contributed by atoms with Gasteiger partial charge in [0.1, 0.15) is 0 Å². The van der Waals surface area contributed by atoms with Crippen molar-refractivity contribution in [2.45, 2.75) is 39.5 Å². The first-order valence-corrected chi connectivity index (χ1v) is 6.56. The molecule has 1 rings (SSSR count). The van der Waals surface area contributed by atoms with Crippen LogP contribution in [0.25, 0.3) is 0 Å². The molecule has 0 aliphatic carbocycles. The van der Waals surface area contributed by atoms with Crippen LogP contribution in [0.2, 0.25) is 0 Å². The van der Waals surface area contributed by atoms with Crippen molar-refractivity contribution in [2.24, 2.45) is 17.6 Å². The van der Waals surface area contributed by atoms with Crippen LogP contribution in [0.3, 0.4) is 0 Å². The van der Waals surface area contributed by atoms with Gasteiger partial charge < -0.3 is 10.6 Å². The van der Waals surface area contributed by atoms with E-state index in [1.54, 1.807) is 0 Å². The summed E-state index contributed by atoms with van der Waals surface area (Å²) in [5.41, 5.74) is 5.72. The van der Waals surface area contributed by atoms with Gasteiger partial charge in [-0.3, -0.25) is 0 Å². The smallest absolute Gasteiger partial charge is 0.0771 e. The maximum atomic E-state index is 5.72. The Kier molecular flexibility index (Phi) is 5.54. The second kappa shape index (κ2) is 6.44. The lowest BCUT2D eigenvalue weighted by molar-refractivity contribution is 0.177. The van der Waals surface area contributed by atoms with E-state index < -0.39 is 0 Å². The van der Waals surface area contributed by atoms with E-state index in [9.17, 15) is 0 Å². The minimum absolute atomic E-state index is 0.461. The number of rotatable bonds is 5. The van der Waals surface area contributed by atoms with Gasteiger partial charge in [0.2, 0.25) is 0 Å². The Morgan fingerprint density at radius 2 is 2.33 bits per heavy atom. The first kappa shape index (κ1) is 12.9. The minimum Gasteiger partial charge on any atom is -0.393 e. The zero-order chi connectivity index (χ0) is 11.3. The molecule has 1 saturated heterocycles. The molecule has 2 unspecified atom stereocenters. The van der Waals surface area contributed by atoms with Gasteiger partial charge in [0.05, 0.1) is 4.99 Å². The molecule has 0 spiro atoms. The minimum atomic E-state index is 0.461. The van der Waals surface area contributed by atoms with E-state index in [-0.39, 0.29) is 0 Å². The molecule has 0 saturated carbocycles. The molecule has 0 aromatic rings. The number of hydrogen-bond donors (Lipinski definition) is 1. The van der Waals surface area contributed by atoms with E-state index in [4.69, 9.17) is 18.0 Å². The third-order valence-corrected chi connectivity index (χ3v) is 3.59. The van der Waals surface area contributed by atoms with Gasteiger partial charge in [-0.05, 0) is 31.7 Å². The summed E-state index contributed by atoms with van der Waals surface area (Å²) in [5, 5.41) is 0.